The number of nitrogens with zero attached hydrogens (tertiary/aromatic N) is 3. The van der Waals surface area contributed by atoms with Crippen molar-refractivity contribution in [2.75, 3.05) is 18.5 Å². The van der Waals surface area contributed by atoms with Crippen molar-refractivity contribution in [1.82, 2.24) is 14.5 Å². The summed E-state index contributed by atoms with van der Waals surface area (Å²) in [6.07, 6.45) is 6.14. The molecular weight excluding hydrogens is 348 g/mol. The van der Waals surface area contributed by atoms with Crippen LogP contribution < -0.4 is 10.9 Å². The molecule has 1 saturated carbocycles. The number of thiophene rings is 1. The minimum atomic E-state index is 0.0469. The summed E-state index contributed by atoms with van der Waals surface area (Å²) in [6, 6.07) is 2.12. The Kier molecular flexibility index (Phi) is 4.67. The van der Waals surface area contributed by atoms with Crippen LogP contribution in [0, 0.1) is 12.8 Å². The molecule has 0 radical (unpaired) electrons. The van der Waals surface area contributed by atoms with E-state index in [1.54, 1.807) is 6.20 Å². The molecule has 0 aromatic carbocycles. The summed E-state index contributed by atoms with van der Waals surface area (Å²) < 4.78 is 2.58. The molecule has 0 spiro atoms. The standard InChI is InChI=1S/C19H24N4O2S/c1-11-3-5-13(6-4-11)23-12(2)22-16-15-14(20-9-10-24)7-8-21-18(15)26-17(16)19(23)25/h7-8,11,13,24H,3-6,9-10H2,1-2H3,(H,20,21). The van der Waals surface area contributed by atoms with Crippen LogP contribution in [0.4, 0.5) is 5.69 Å². The molecule has 1 aliphatic carbocycles. The van der Waals surface area contributed by atoms with Crippen molar-refractivity contribution in [3.63, 3.8) is 0 Å². The van der Waals surface area contributed by atoms with Gasteiger partial charge >= 0.3 is 0 Å². The number of pyridine rings is 1. The van der Waals surface area contributed by atoms with Gasteiger partial charge in [0, 0.05) is 24.5 Å². The van der Waals surface area contributed by atoms with E-state index in [-0.39, 0.29) is 18.2 Å². The fourth-order valence-electron chi connectivity index (χ4n) is 4.00. The van der Waals surface area contributed by atoms with Gasteiger partial charge in [-0.05, 0) is 44.6 Å². The van der Waals surface area contributed by atoms with E-state index in [9.17, 15) is 4.79 Å². The molecule has 1 aliphatic rings. The van der Waals surface area contributed by atoms with E-state index in [0.717, 1.165) is 58.8 Å². The van der Waals surface area contributed by atoms with Crippen LogP contribution in [-0.2, 0) is 0 Å². The number of hydrogen-bond donors (Lipinski definition) is 2. The van der Waals surface area contributed by atoms with Crippen molar-refractivity contribution in [1.29, 1.82) is 0 Å². The van der Waals surface area contributed by atoms with Gasteiger partial charge in [0.25, 0.3) is 5.56 Å². The third kappa shape index (κ3) is 2.89. The van der Waals surface area contributed by atoms with Crippen molar-refractivity contribution in [3.8, 4) is 0 Å². The lowest BCUT2D eigenvalue weighted by Gasteiger charge is -2.28. The molecule has 4 rings (SSSR count). The number of aliphatic hydroxyl groups excluding tert-OH is 1. The number of anilines is 1. The molecule has 0 bridgehead atoms. The van der Waals surface area contributed by atoms with Crippen LogP contribution in [0.15, 0.2) is 17.1 Å². The van der Waals surface area contributed by atoms with E-state index in [1.807, 2.05) is 17.6 Å². The first-order valence-electron chi connectivity index (χ1n) is 9.25. The molecule has 0 amide bonds. The van der Waals surface area contributed by atoms with Crippen molar-refractivity contribution in [3.05, 3.63) is 28.4 Å². The lowest BCUT2D eigenvalue weighted by atomic mass is 9.87. The van der Waals surface area contributed by atoms with Crippen molar-refractivity contribution in [2.45, 2.75) is 45.6 Å². The predicted molar refractivity (Wildman–Crippen MR) is 106 cm³/mol. The third-order valence-corrected chi connectivity index (χ3v) is 6.45. The van der Waals surface area contributed by atoms with Gasteiger partial charge < -0.3 is 10.4 Å². The second-order valence-electron chi connectivity index (χ2n) is 7.22. The van der Waals surface area contributed by atoms with Gasteiger partial charge in [-0.15, -0.1) is 11.3 Å². The molecule has 0 atom stereocenters. The maximum Gasteiger partial charge on any atom is 0.271 e. The van der Waals surface area contributed by atoms with Gasteiger partial charge in [0.2, 0.25) is 0 Å². The van der Waals surface area contributed by atoms with Crippen LogP contribution in [-0.4, -0.2) is 32.8 Å². The van der Waals surface area contributed by atoms with Crippen LogP contribution in [0.25, 0.3) is 20.4 Å². The summed E-state index contributed by atoms with van der Waals surface area (Å²) in [6.45, 7) is 4.71. The highest BCUT2D eigenvalue weighted by molar-refractivity contribution is 7.25. The van der Waals surface area contributed by atoms with Gasteiger partial charge in [-0.1, -0.05) is 6.92 Å². The fraction of sp³-hybridized carbons (Fsp3) is 0.526. The zero-order chi connectivity index (χ0) is 18.3. The molecule has 138 valence electrons. The van der Waals surface area contributed by atoms with Crippen LogP contribution >= 0.6 is 11.3 Å². The van der Waals surface area contributed by atoms with Crippen LogP contribution in [0.1, 0.15) is 44.5 Å². The highest BCUT2D eigenvalue weighted by Crippen LogP contribution is 2.36. The summed E-state index contributed by atoms with van der Waals surface area (Å²) in [5.41, 5.74) is 1.65. The van der Waals surface area contributed by atoms with Crippen molar-refractivity contribution >= 4 is 37.5 Å². The van der Waals surface area contributed by atoms with E-state index in [4.69, 9.17) is 10.1 Å². The molecule has 1 fully saturated rings. The number of aromatic nitrogens is 3. The van der Waals surface area contributed by atoms with Gasteiger partial charge in [0.05, 0.1) is 12.0 Å². The zero-order valence-electron chi connectivity index (χ0n) is 15.2. The van der Waals surface area contributed by atoms with E-state index in [0.29, 0.717) is 11.2 Å². The van der Waals surface area contributed by atoms with Crippen LogP contribution in [0.3, 0.4) is 0 Å². The molecule has 2 N–H and O–H groups in total. The Balaban J connectivity index is 1.88. The highest BCUT2D eigenvalue weighted by atomic mass is 32.1. The molecule has 7 heteroatoms. The predicted octanol–water partition coefficient (Wildman–Crippen LogP) is 3.47. The number of fused-ring (bicyclic) bond motifs is 3. The minimum absolute atomic E-state index is 0.0469. The normalized spacial score (nSPS) is 20.7. The fourth-order valence-corrected chi connectivity index (χ4v) is 5.05. The monoisotopic (exact) mass is 372 g/mol. The molecule has 0 aliphatic heterocycles. The van der Waals surface area contributed by atoms with Gasteiger partial charge in [-0.2, -0.15) is 0 Å². The summed E-state index contributed by atoms with van der Waals surface area (Å²) in [5, 5.41) is 13.2. The first-order chi connectivity index (χ1) is 12.6. The third-order valence-electron chi connectivity index (χ3n) is 5.38. The summed E-state index contributed by atoms with van der Waals surface area (Å²) in [7, 11) is 0. The molecule has 0 saturated heterocycles. The quantitative estimate of drug-likeness (QED) is 0.733. The lowest BCUT2D eigenvalue weighted by molar-refractivity contribution is 0.281. The van der Waals surface area contributed by atoms with E-state index in [1.165, 1.54) is 11.3 Å². The van der Waals surface area contributed by atoms with Crippen molar-refractivity contribution < 1.29 is 5.11 Å². The first-order valence-corrected chi connectivity index (χ1v) is 10.1. The number of aryl methyl sites for hydroxylation is 1. The molecule has 0 unspecified atom stereocenters. The molecular formula is C19H24N4O2S. The minimum Gasteiger partial charge on any atom is -0.395 e. The van der Waals surface area contributed by atoms with Crippen LogP contribution in [0.2, 0.25) is 0 Å². The van der Waals surface area contributed by atoms with Crippen molar-refractivity contribution in [2.24, 2.45) is 5.92 Å². The molecule has 3 aromatic rings. The van der Waals surface area contributed by atoms with Gasteiger partial charge in [0.15, 0.2) is 0 Å². The average Bonchev–Trinajstić information content (AvgIpc) is 3.01. The Labute approximate surface area is 155 Å². The van der Waals surface area contributed by atoms with Crippen LogP contribution in [0.5, 0.6) is 0 Å². The van der Waals surface area contributed by atoms with E-state index >= 15 is 0 Å². The highest BCUT2D eigenvalue weighted by Gasteiger charge is 2.24. The van der Waals surface area contributed by atoms with Gasteiger partial charge in [0.1, 0.15) is 20.9 Å². The maximum atomic E-state index is 13.3. The Hall–Kier alpha value is -1.99. The molecule has 26 heavy (non-hydrogen) atoms. The smallest absolute Gasteiger partial charge is 0.271 e. The Morgan fingerprint density at radius 1 is 1.35 bits per heavy atom. The second kappa shape index (κ2) is 6.96. The van der Waals surface area contributed by atoms with E-state index in [2.05, 4.69) is 17.2 Å². The maximum absolute atomic E-state index is 13.3. The number of rotatable bonds is 4. The summed E-state index contributed by atoms with van der Waals surface area (Å²) >= 11 is 1.41. The van der Waals surface area contributed by atoms with E-state index < -0.39 is 0 Å². The average molecular weight is 372 g/mol. The largest absolute Gasteiger partial charge is 0.395 e. The Bertz CT molecular complexity index is 1000. The summed E-state index contributed by atoms with van der Waals surface area (Å²) in [5.74, 6) is 1.52. The summed E-state index contributed by atoms with van der Waals surface area (Å²) in [4.78, 5) is 23.3. The Morgan fingerprint density at radius 3 is 2.85 bits per heavy atom. The van der Waals surface area contributed by atoms with Gasteiger partial charge in [-0.25, -0.2) is 9.97 Å². The number of aliphatic hydroxyl groups is 1. The zero-order valence-corrected chi connectivity index (χ0v) is 16.0. The number of hydrogen-bond acceptors (Lipinski definition) is 6. The topological polar surface area (TPSA) is 80.0 Å². The number of nitrogens with one attached hydrogen (secondary N) is 1. The van der Waals surface area contributed by atoms with Gasteiger partial charge in [-0.3, -0.25) is 9.36 Å². The SMILES string of the molecule is Cc1nc2c(sc3nccc(NCCO)c32)c(=O)n1C1CCC(C)CC1. The lowest BCUT2D eigenvalue weighted by Crippen LogP contribution is -2.30. The molecule has 6 nitrogen and oxygen atoms in total. The molecule has 3 aromatic heterocycles. The first kappa shape index (κ1) is 17.4. The molecule has 3 heterocycles. The second-order valence-corrected chi connectivity index (χ2v) is 8.22. The Morgan fingerprint density at radius 2 is 2.12 bits per heavy atom.